The lowest BCUT2D eigenvalue weighted by Crippen LogP contribution is -2.48. The fourth-order valence-electron chi connectivity index (χ4n) is 5.28. The third kappa shape index (κ3) is 5.63. The van der Waals surface area contributed by atoms with E-state index in [-0.39, 0.29) is 24.7 Å². The Balaban J connectivity index is 1.36. The predicted molar refractivity (Wildman–Crippen MR) is 132 cm³/mol. The monoisotopic (exact) mass is 490 g/mol. The summed E-state index contributed by atoms with van der Waals surface area (Å²) in [5.41, 5.74) is 1.66. The second-order valence-electron chi connectivity index (χ2n) is 9.63. The number of likely N-dealkylation sites (tertiary alicyclic amines) is 1. The normalized spacial score (nSPS) is 20.3. The van der Waals surface area contributed by atoms with E-state index < -0.39 is 10.0 Å². The van der Waals surface area contributed by atoms with Gasteiger partial charge in [0.25, 0.3) is 0 Å². The molecule has 0 aromatic heterocycles. The van der Waals surface area contributed by atoms with Gasteiger partial charge in [-0.05, 0) is 56.0 Å². The number of hydrogen-bond acceptors (Lipinski definition) is 5. The molecule has 3 heterocycles. The number of piperazine rings is 1. The minimum absolute atomic E-state index is 0.0649. The van der Waals surface area contributed by atoms with Crippen LogP contribution in [0.15, 0.2) is 23.1 Å². The lowest BCUT2D eigenvalue weighted by atomic mass is 10.2. The number of anilines is 1. The lowest BCUT2D eigenvalue weighted by Gasteiger charge is -2.33. The molecule has 2 amide bonds. The van der Waals surface area contributed by atoms with Crippen LogP contribution < -0.4 is 4.90 Å². The first-order valence-corrected chi connectivity index (χ1v) is 14.3. The zero-order valence-corrected chi connectivity index (χ0v) is 21.2. The van der Waals surface area contributed by atoms with Crippen LogP contribution in [0.1, 0.15) is 57.4 Å². The average molecular weight is 491 g/mol. The molecule has 0 bridgehead atoms. The molecule has 0 unspecified atom stereocenters. The van der Waals surface area contributed by atoms with Crippen molar-refractivity contribution < 1.29 is 18.0 Å². The third-order valence-corrected chi connectivity index (χ3v) is 9.16. The number of amides is 2. The molecule has 0 atom stereocenters. The summed E-state index contributed by atoms with van der Waals surface area (Å²) >= 11 is 0. The van der Waals surface area contributed by atoms with Gasteiger partial charge in [0.15, 0.2) is 0 Å². The van der Waals surface area contributed by atoms with E-state index in [0.29, 0.717) is 31.0 Å². The van der Waals surface area contributed by atoms with Crippen LogP contribution >= 0.6 is 0 Å². The van der Waals surface area contributed by atoms with E-state index in [4.69, 9.17) is 0 Å². The molecule has 9 heteroatoms. The van der Waals surface area contributed by atoms with Crippen molar-refractivity contribution in [3.8, 4) is 0 Å². The quantitative estimate of drug-likeness (QED) is 0.587. The molecule has 8 nitrogen and oxygen atoms in total. The third-order valence-electron chi connectivity index (χ3n) is 7.27. The highest BCUT2D eigenvalue weighted by molar-refractivity contribution is 7.89. The van der Waals surface area contributed by atoms with Gasteiger partial charge in [-0.3, -0.25) is 9.59 Å². The summed E-state index contributed by atoms with van der Waals surface area (Å²) in [7, 11) is -3.54. The van der Waals surface area contributed by atoms with Gasteiger partial charge in [-0.1, -0.05) is 19.8 Å². The summed E-state index contributed by atoms with van der Waals surface area (Å²) in [4.78, 5) is 31.7. The first kappa shape index (κ1) is 25.1. The van der Waals surface area contributed by atoms with Crippen LogP contribution in [-0.2, 0) is 26.0 Å². The van der Waals surface area contributed by atoms with Crippen LogP contribution in [-0.4, -0.2) is 86.7 Å². The topological polar surface area (TPSA) is 81.2 Å². The Bertz CT molecular complexity index is 981. The highest BCUT2D eigenvalue weighted by Gasteiger charge is 2.31. The Morgan fingerprint density at radius 1 is 0.853 bits per heavy atom. The number of sulfonamides is 1. The van der Waals surface area contributed by atoms with Crippen molar-refractivity contribution in [1.29, 1.82) is 0 Å². The van der Waals surface area contributed by atoms with E-state index >= 15 is 0 Å². The molecule has 0 spiro atoms. The smallest absolute Gasteiger partial charge is 0.243 e. The molecule has 0 saturated carbocycles. The minimum atomic E-state index is -3.54. The summed E-state index contributed by atoms with van der Waals surface area (Å²) in [5, 5.41) is 0. The van der Waals surface area contributed by atoms with E-state index in [1.165, 1.54) is 12.8 Å². The first-order chi connectivity index (χ1) is 16.4. The maximum absolute atomic E-state index is 13.2. The molecule has 34 heavy (non-hydrogen) atoms. The molecule has 3 aliphatic heterocycles. The maximum atomic E-state index is 13.2. The number of nitrogens with zero attached hydrogens (tertiary/aromatic N) is 4. The molecule has 0 aliphatic carbocycles. The molecule has 0 N–H and O–H groups in total. The van der Waals surface area contributed by atoms with Gasteiger partial charge in [-0.2, -0.15) is 4.31 Å². The predicted octanol–water partition coefficient (Wildman–Crippen LogP) is 2.47. The summed E-state index contributed by atoms with van der Waals surface area (Å²) in [6.07, 6.45) is 6.55. The zero-order valence-electron chi connectivity index (χ0n) is 20.4. The Kier molecular flexibility index (Phi) is 8.26. The number of carbonyl (C=O) groups excluding carboxylic acids is 2. The molecule has 1 aromatic rings. The van der Waals surface area contributed by atoms with E-state index in [2.05, 4.69) is 11.8 Å². The summed E-state index contributed by atoms with van der Waals surface area (Å²) in [6, 6.07) is 5.12. The van der Waals surface area contributed by atoms with Crippen LogP contribution in [0.25, 0.3) is 0 Å². The van der Waals surface area contributed by atoms with Gasteiger partial charge in [0, 0.05) is 64.3 Å². The SMILES string of the molecule is CCCN1CCN(S(=O)(=O)c2ccc3c(c2)CCN3C(=O)CCC(=O)N2CCCCCC2)CC1. The van der Waals surface area contributed by atoms with Crippen molar-refractivity contribution in [3.05, 3.63) is 23.8 Å². The molecular formula is C25H38N4O4S. The molecule has 4 rings (SSSR count). The van der Waals surface area contributed by atoms with Crippen LogP contribution in [0.2, 0.25) is 0 Å². The van der Waals surface area contributed by atoms with Crippen LogP contribution in [0.5, 0.6) is 0 Å². The van der Waals surface area contributed by atoms with Crippen molar-refractivity contribution in [2.45, 2.75) is 63.2 Å². The molecule has 2 saturated heterocycles. The van der Waals surface area contributed by atoms with E-state index in [9.17, 15) is 18.0 Å². The van der Waals surface area contributed by atoms with E-state index in [1.54, 1.807) is 27.4 Å². The fourth-order valence-corrected chi connectivity index (χ4v) is 6.76. The number of benzene rings is 1. The van der Waals surface area contributed by atoms with Gasteiger partial charge in [0.1, 0.15) is 0 Å². The minimum Gasteiger partial charge on any atom is -0.343 e. The first-order valence-electron chi connectivity index (χ1n) is 12.8. The molecule has 188 valence electrons. The van der Waals surface area contributed by atoms with Gasteiger partial charge in [0.05, 0.1) is 4.90 Å². The van der Waals surface area contributed by atoms with Crippen LogP contribution in [0, 0.1) is 0 Å². The van der Waals surface area contributed by atoms with Crippen LogP contribution in [0.4, 0.5) is 5.69 Å². The van der Waals surface area contributed by atoms with Gasteiger partial charge in [-0.25, -0.2) is 8.42 Å². The maximum Gasteiger partial charge on any atom is 0.243 e. The number of hydrogen-bond donors (Lipinski definition) is 0. The van der Waals surface area contributed by atoms with Crippen molar-refractivity contribution in [2.24, 2.45) is 0 Å². The molecular weight excluding hydrogens is 452 g/mol. The summed E-state index contributed by atoms with van der Waals surface area (Å²) in [5.74, 6) is -0.000259. The number of fused-ring (bicyclic) bond motifs is 1. The molecule has 1 aromatic carbocycles. The molecule has 0 radical (unpaired) electrons. The average Bonchev–Trinajstić information content (AvgIpc) is 3.07. The highest BCUT2D eigenvalue weighted by atomic mass is 32.2. The van der Waals surface area contributed by atoms with Gasteiger partial charge in [0.2, 0.25) is 21.8 Å². The summed E-state index contributed by atoms with van der Waals surface area (Å²) < 4.78 is 28.0. The van der Waals surface area contributed by atoms with Crippen molar-refractivity contribution in [3.63, 3.8) is 0 Å². The standard InChI is InChI=1S/C25H38N4O4S/c1-2-12-26-16-18-28(19-17-26)34(32,33)22-7-8-23-21(20-22)11-15-29(23)25(31)10-9-24(30)27-13-5-3-4-6-14-27/h7-8,20H,2-6,9-19H2,1H3. The largest absolute Gasteiger partial charge is 0.343 e. The second kappa shape index (κ2) is 11.2. The Hall–Kier alpha value is -1.97. The second-order valence-corrected chi connectivity index (χ2v) is 11.6. The van der Waals surface area contributed by atoms with Gasteiger partial charge < -0.3 is 14.7 Å². The fraction of sp³-hybridized carbons (Fsp3) is 0.680. The van der Waals surface area contributed by atoms with Gasteiger partial charge >= 0.3 is 0 Å². The summed E-state index contributed by atoms with van der Waals surface area (Å²) in [6.45, 7) is 7.80. The van der Waals surface area contributed by atoms with Crippen molar-refractivity contribution in [2.75, 3.05) is 57.3 Å². The lowest BCUT2D eigenvalue weighted by molar-refractivity contribution is -0.133. The van der Waals surface area contributed by atoms with Gasteiger partial charge in [-0.15, -0.1) is 0 Å². The number of rotatable bonds is 7. The number of carbonyl (C=O) groups is 2. The van der Waals surface area contributed by atoms with Crippen LogP contribution in [0.3, 0.4) is 0 Å². The Labute approximate surface area is 203 Å². The van der Waals surface area contributed by atoms with E-state index in [0.717, 1.165) is 63.2 Å². The van der Waals surface area contributed by atoms with E-state index in [1.807, 2.05) is 4.90 Å². The Morgan fingerprint density at radius 3 is 2.21 bits per heavy atom. The molecule has 2 fully saturated rings. The highest BCUT2D eigenvalue weighted by Crippen LogP contribution is 2.32. The zero-order chi connectivity index (χ0) is 24.1. The van der Waals surface area contributed by atoms with Crippen molar-refractivity contribution in [1.82, 2.24) is 14.1 Å². The Morgan fingerprint density at radius 2 is 1.53 bits per heavy atom. The van der Waals surface area contributed by atoms with Crippen molar-refractivity contribution >= 4 is 27.5 Å². The molecule has 3 aliphatic rings.